The third-order valence-electron chi connectivity index (χ3n) is 2.98. The lowest BCUT2D eigenvalue weighted by Gasteiger charge is -2.12. The van der Waals surface area contributed by atoms with E-state index in [-0.39, 0.29) is 4.90 Å². The Labute approximate surface area is 126 Å². The maximum absolute atomic E-state index is 13.7. The number of phenolic OH excluding ortho intramolecular Hbond substituents is 1. The van der Waals surface area contributed by atoms with Crippen LogP contribution >= 0.6 is 0 Å². The fourth-order valence-electron chi connectivity index (χ4n) is 1.87. The van der Waals surface area contributed by atoms with Crippen molar-refractivity contribution in [2.75, 3.05) is 11.8 Å². The zero-order chi connectivity index (χ0) is 16.5. The van der Waals surface area contributed by atoms with Gasteiger partial charge in [-0.2, -0.15) is 0 Å². The Kier molecular flexibility index (Phi) is 4.23. The zero-order valence-corrected chi connectivity index (χ0v) is 12.5. The zero-order valence-electron chi connectivity index (χ0n) is 11.7. The van der Waals surface area contributed by atoms with Gasteiger partial charge in [0.2, 0.25) is 0 Å². The predicted octanol–water partition coefficient (Wildman–Crippen LogP) is 2.79. The van der Waals surface area contributed by atoms with Crippen molar-refractivity contribution in [3.8, 4) is 11.5 Å². The number of phenols is 1. The van der Waals surface area contributed by atoms with Gasteiger partial charge in [-0.05, 0) is 42.8 Å². The molecule has 0 fully saturated rings. The van der Waals surface area contributed by atoms with E-state index < -0.39 is 33.1 Å². The number of hydrogen-bond acceptors (Lipinski definition) is 4. The Bertz CT molecular complexity index is 822. The second-order valence-electron chi connectivity index (χ2n) is 4.49. The molecule has 0 radical (unpaired) electrons. The number of hydrogen-bond donors (Lipinski definition) is 2. The molecule has 0 aliphatic rings. The number of ether oxygens (including phenoxy) is 1. The molecule has 2 N–H and O–H groups in total. The number of rotatable bonds is 4. The van der Waals surface area contributed by atoms with E-state index in [0.29, 0.717) is 11.3 Å². The number of halogens is 2. The van der Waals surface area contributed by atoms with Crippen LogP contribution in [0.1, 0.15) is 5.56 Å². The molecule has 0 saturated carbocycles. The van der Waals surface area contributed by atoms with Crippen LogP contribution in [-0.2, 0) is 10.0 Å². The predicted molar refractivity (Wildman–Crippen MR) is 76.6 cm³/mol. The summed E-state index contributed by atoms with van der Waals surface area (Å²) < 4.78 is 58.2. The first kappa shape index (κ1) is 16.0. The van der Waals surface area contributed by atoms with Crippen LogP contribution in [0.25, 0.3) is 0 Å². The molecule has 0 amide bonds. The summed E-state index contributed by atoms with van der Waals surface area (Å²) in [5, 5.41) is 9.18. The Morgan fingerprint density at radius 1 is 1.18 bits per heavy atom. The highest BCUT2D eigenvalue weighted by Gasteiger charge is 2.21. The molecule has 0 saturated heterocycles. The van der Waals surface area contributed by atoms with Gasteiger partial charge in [0.25, 0.3) is 10.0 Å². The van der Waals surface area contributed by atoms with Crippen LogP contribution in [0.15, 0.2) is 35.2 Å². The van der Waals surface area contributed by atoms with Crippen molar-refractivity contribution in [1.82, 2.24) is 0 Å². The maximum Gasteiger partial charge on any atom is 0.262 e. The van der Waals surface area contributed by atoms with Crippen molar-refractivity contribution in [1.29, 1.82) is 0 Å². The molecule has 0 spiro atoms. The minimum absolute atomic E-state index is 0.0866. The van der Waals surface area contributed by atoms with Crippen molar-refractivity contribution in [2.24, 2.45) is 0 Å². The van der Waals surface area contributed by atoms with Gasteiger partial charge in [0, 0.05) is 0 Å². The lowest BCUT2D eigenvalue weighted by molar-refractivity contribution is 0.397. The molecular formula is C14H13F2NO4S. The molecule has 5 nitrogen and oxygen atoms in total. The largest absolute Gasteiger partial charge is 0.503 e. The van der Waals surface area contributed by atoms with Crippen molar-refractivity contribution in [2.45, 2.75) is 11.8 Å². The minimum Gasteiger partial charge on any atom is -0.503 e. The summed E-state index contributed by atoms with van der Waals surface area (Å²) in [6.07, 6.45) is 0. The van der Waals surface area contributed by atoms with Crippen LogP contribution in [0.5, 0.6) is 11.5 Å². The summed E-state index contributed by atoms with van der Waals surface area (Å²) in [5.41, 5.74) is -0.160. The molecule has 0 aliphatic heterocycles. The molecule has 118 valence electrons. The summed E-state index contributed by atoms with van der Waals surface area (Å²) in [5.74, 6) is -3.33. The first-order valence-corrected chi connectivity index (χ1v) is 7.59. The highest BCUT2D eigenvalue weighted by atomic mass is 32.2. The summed E-state index contributed by atoms with van der Waals surface area (Å²) in [4.78, 5) is -0.0866. The van der Waals surface area contributed by atoms with Gasteiger partial charge in [-0.1, -0.05) is 0 Å². The minimum atomic E-state index is -4.10. The number of nitrogens with one attached hydrogen (secondary N) is 1. The molecule has 2 aromatic carbocycles. The van der Waals surface area contributed by atoms with Crippen LogP contribution in [0, 0.1) is 18.6 Å². The third kappa shape index (κ3) is 2.96. The van der Waals surface area contributed by atoms with E-state index in [1.54, 1.807) is 6.92 Å². The first-order valence-electron chi connectivity index (χ1n) is 6.10. The molecule has 2 aromatic rings. The van der Waals surface area contributed by atoms with E-state index in [9.17, 15) is 22.3 Å². The smallest absolute Gasteiger partial charge is 0.262 e. The Balaban J connectivity index is 2.42. The van der Waals surface area contributed by atoms with E-state index in [1.807, 2.05) is 4.72 Å². The molecule has 8 heteroatoms. The topological polar surface area (TPSA) is 75.6 Å². The summed E-state index contributed by atoms with van der Waals surface area (Å²) in [7, 11) is -2.66. The monoisotopic (exact) mass is 329 g/mol. The average molecular weight is 329 g/mol. The van der Waals surface area contributed by atoms with Gasteiger partial charge in [0.05, 0.1) is 17.7 Å². The van der Waals surface area contributed by atoms with E-state index in [2.05, 4.69) is 0 Å². The van der Waals surface area contributed by atoms with Crippen LogP contribution < -0.4 is 9.46 Å². The summed E-state index contributed by atoms with van der Waals surface area (Å²) in [6.45, 7) is 1.55. The van der Waals surface area contributed by atoms with Crippen molar-refractivity contribution < 1.29 is 27.0 Å². The number of aryl methyl sites for hydroxylation is 1. The van der Waals surface area contributed by atoms with Crippen molar-refractivity contribution in [3.63, 3.8) is 0 Å². The van der Waals surface area contributed by atoms with E-state index in [1.165, 1.54) is 25.3 Å². The van der Waals surface area contributed by atoms with Gasteiger partial charge in [0.15, 0.2) is 17.4 Å². The highest BCUT2D eigenvalue weighted by molar-refractivity contribution is 7.92. The van der Waals surface area contributed by atoms with Gasteiger partial charge in [-0.3, -0.25) is 4.72 Å². The lowest BCUT2D eigenvalue weighted by Crippen LogP contribution is -2.15. The fourth-order valence-corrected chi connectivity index (χ4v) is 3.16. The normalized spacial score (nSPS) is 11.3. The fraction of sp³-hybridized carbons (Fsp3) is 0.143. The van der Waals surface area contributed by atoms with Gasteiger partial charge in [-0.15, -0.1) is 0 Å². The highest BCUT2D eigenvalue weighted by Crippen LogP contribution is 2.29. The standard InChI is InChI=1S/C14H13F2NO4S/c1-8-7-9(21-2)3-6-12(8)22(19,20)17-11-5-4-10(15)14(18)13(11)16/h3-7,17-18H,1-2H3. The lowest BCUT2D eigenvalue weighted by atomic mass is 10.2. The van der Waals surface area contributed by atoms with Gasteiger partial charge in [0.1, 0.15) is 5.75 Å². The number of benzene rings is 2. The molecule has 0 unspecified atom stereocenters. The second-order valence-corrected chi connectivity index (χ2v) is 6.15. The maximum atomic E-state index is 13.7. The van der Waals surface area contributed by atoms with E-state index >= 15 is 0 Å². The number of anilines is 1. The van der Waals surface area contributed by atoms with E-state index in [0.717, 1.165) is 12.1 Å². The summed E-state index contributed by atoms with van der Waals surface area (Å²) >= 11 is 0. The molecule has 0 bridgehead atoms. The quantitative estimate of drug-likeness (QED) is 0.904. The van der Waals surface area contributed by atoms with Crippen LogP contribution in [0.4, 0.5) is 14.5 Å². The van der Waals surface area contributed by atoms with Gasteiger partial charge < -0.3 is 9.84 Å². The first-order chi connectivity index (χ1) is 10.3. The molecule has 0 aromatic heterocycles. The van der Waals surface area contributed by atoms with Crippen LogP contribution in [-0.4, -0.2) is 20.6 Å². The van der Waals surface area contributed by atoms with E-state index in [4.69, 9.17) is 4.74 Å². The Morgan fingerprint density at radius 3 is 2.45 bits per heavy atom. The molecule has 0 atom stereocenters. The molecular weight excluding hydrogens is 316 g/mol. The van der Waals surface area contributed by atoms with Crippen LogP contribution in [0.2, 0.25) is 0 Å². The Morgan fingerprint density at radius 2 is 1.86 bits per heavy atom. The number of sulfonamides is 1. The average Bonchev–Trinajstić information content (AvgIpc) is 2.47. The second kappa shape index (κ2) is 5.80. The third-order valence-corrected chi connectivity index (χ3v) is 4.51. The summed E-state index contributed by atoms with van der Waals surface area (Å²) in [6, 6.07) is 5.91. The van der Waals surface area contributed by atoms with Gasteiger partial charge in [-0.25, -0.2) is 17.2 Å². The van der Waals surface area contributed by atoms with Crippen LogP contribution in [0.3, 0.4) is 0 Å². The molecule has 22 heavy (non-hydrogen) atoms. The molecule has 2 rings (SSSR count). The van der Waals surface area contributed by atoms with Crippen molar-refractivity contribution in [3.05, 3.63) is 47.5 Å². The molecule has 0 heterocycles. The number of methoxy groups -OCH3 is 1. The SMILES string of the molecule is COc1ccc(S(=O)(=O)Nc2ccc(F)c(O)c2F)c(C)c1. The number of aromatic hydroxyl groups is 1. The Hall–Kier alpha value is -2.35. The molecule has 0 aliphatic carbocycles. The van der Waals surface area contributed by atoms with Gasteiger partial charge >= 0.3 is 0 Å². The van der Waals surface area contributed by atoms with Crippen molar-refractivity contribution >= 4 is 15.7 Å².